The normalized spacial score (nSPS) is 10.9. The van der Waals surface area contributed by atoms with E-state index in [-0.39, 0.29) is 0 Å². The second kappa shape index (κ2) is 5.03. The van der Waals surface area contributed by atoms with Crippen LogP contribution in [0.15, 0.2) is 33.3 Å². The van der Waals surface area contributed by atoms with Gasteiger partial charge in [-0.1, -0.05) is 33.2 Å². The summed E-state index contributed by atoms with van der Waals surface area (Å²) in [6.07, 6.45) is 0. The molecular weight excluding hydrogens is 338 g/mol. The highest BCUT2D eigenvalue weighted by molar-refractivity contribution is 9.10. The van der Waals surface area contributed by atoms with Crippen LogP contribution in [0.4, 0.5) is 5.00 Å². The van der Waals surface area contributed by atoms with Gasteiger partial charge in [-0.15, -0.1) is 11.3 Å². The Bertz CT molecular complexity index is 779. The third kappa shape index (κ3) is 2.14. The zero-order valence-corrected chi connectivity index (χ0v) is 13.4. The highest BCUT2D eigenvalue weighted by atomic mass is 79.9. The predicted octanol–water partition coefficient (Wildman–Crippen LogP) is 4.43. The van der Waals surface area contributed by atoms with Crippen molar-refractivity contribution in [2.75, 3.05) is 5.73 Å². The lowest BCUT2D eigenvalue weighted by Gasteiger charge is -1.97. The number of nitrogens with two attached hydrogens (primary N) is 1. The van der Waals surface area contributed by atoms with Gasteiger partial charge in [-0.25, -0.2) is 0 Å². The van der Waals surface area contributed by atoms with Gasteiger partial charge in [0.1, 0.15) is 0 Å². The lowest BCUT2D eigenvalue weighted by Crippen LogP contribution is -1.87. The van der Waals surface area contributed by atoms with Crippen molar-refractivity contribution in [2.24, 2.45) is 0 Å². The monoisotopic (exact) mass is 349 g/mol. The molecule has 3 aromatic rings. The lowest BCUT2D eigenvalue weighted by atomic mass is 10.1. The maximum Gasteiger partial charge on any atom is 0.261 e. The first kappa shape index (κ1) is 13.3. The van der Waals surface area contributed by atoms with Gasteiger partial charge in [0, 0.05) is 14.9 Å². The van der Waals surface area contributed by atoms with E-state index in [0.29, 0.717) is 16.7 Å². The van der Waals surface area contributed by atoms with Crippen LogP contribution in [0.25, 0.3) is 22.8 Å². The van der Waals surface area contributed by atoms with E-state index in [1.54, 1.807) is 0 Å². The molecule has 2 N–H and O–H groups in total. The maximum atomic E-state index is 6.03. The van der Waals surface area contributed by atoms with Crippen molar-refractivity contribution in [3.8, 4) is 22.8 Å². The fraction of sp³-hybridized carbons (Fsp3) is 0.143. The second-order valence-corrected chi connectivity index (χ2v) is 6.54. The van der Waals surface area contributed by atoms with Crippen LogP contribution in [0.5, 0.6) is 0 Å². The standard InChI is InChI=1S/C14H12BrN3OS/c1-7-8(2)20-12(16)11(7)14-17-13(18-19-14)9-5-3-4-6-10(9)15/h3-6H,16H2,1-2H3. The van der Waals surface area contributed by atoms with E-state index < -0.39 is 0 Å². The molecule has 4 nitrogen and oxygen atoms in total. The highest BCUT2D eigenvalue weighted by Gasteiger charge is 2.19. The van der Waals surface area contributed by atoms with Gasteiger partial charge in [0.05, 0.1) is 10.6 Å². The number of benzene rings is 1. The van der Waals surface area contributed by atoms with Crippen molar-refractivity contribution in [3.63, 3.8) is 0 Å². The number of hydrogen-bond donors (Lipinski definition) is 1. The molecule has 1 aromatic carbocycles. The number of thiophene rings is 1. The number of aryl methyl sites for hydroxylation is 1. The van der Waals surface area contributed by atoms with Crippen LogP contribution >= 0.6 is 27.3 Å². The minimum atomic E-state index is 0.468. The SMILES string of the molecule is Cc1sc(N)c(-c2nc(-c3ccccc3Br)no2)c1C. The van der Waals surface area contributed by atoms with Crippen LogP contribution in [0, 0.1) is 13.8 Å². The van der Waals surface area contributed by atoms with Gasteiger partial charge < -0.3 is 10.3 Å². The van der Waals surface area contributed by atoms with E-state index in [1.807, 2.05) is 38.1 Å². The highest BCUT2D eigenvalue weighted by Crippen LogP contribution is 2.38. The minimum absolute atomic E-state index is 0.468. The molecule has 0 unspecified atom stereocenters. The zero-order chi connectivity index (χ0) is 14.3. The molecule has 2 aromatic heterocycles. The molecular formula is C14H12BrN3OS. The maximum absolute atomic E-state index is 6.03. The summed E-state index contributed by atoms with van der Waals surface area (Å²) >= 11 is 5.03. The molecule has 0 aliphatic carbocycles. The molecule has 2 heterocycles. The average Bonchev–Trinajstić information content (AvgIpc) is 2.96. The van der Waals surface area contributed by atoms with Crippen molar-refractivity contribution in [3.05, 3.63) is 39.2 Å². The molecule has 0 atom stereocenters. The average molecular weight is 350 g/mol. The number of aromatic nitrogens is 2. The van der Waals surface area contributed by atoms with Gasteiger partial charge in [-0.2, -0.15) is 4.98 Å². The molecule has 3 rings (SSSR count). The Morgan fingerprint density at radius 2 is 2.00 bits per heavy atom. The van der Waals surface area contributed by atoms with E-state index in [2.05, 4.69) is 26.1 Å². The summed E-state index contributed by atoms with van der Waals surface area (Å²) < 4.78 is 6.31. The number of anilines is 1. The Labute approximate surface area is 128 Å². The first-order valence-corrected chi connectivity index (χ1v) is 7.63. The lowest BCUT2D eigenvalue weighted by molar-refractivity contribution is 0.432. The third-order valence-electron chi connectivity index (χ3n) is 3.17. The second-order valence-electron chi connectivity index (χ2n) is 4.43. The number of nitrogen functional groups attached to an aromatic ring is 1. The zero-order valence-electron chi connectivity index (χ0n) is 11.0. The van der Waals surface area contributed by atoms with E-state index in [4.69, 9.17) is 10.3 Å². The minimum Gasteiger partial charge on any atom is -0.390 e. The number of rotatable bonds is 2. The topological polar surface area (TPSA) is 64.9 Å². The summed E-state index contributed by atoms with van der Waals surface area (Å²) in [6, 6.07) is 7.76. The van der Waals surface area contributed by atoms with Crippen LogP contribution in [0.2, 0.25) is 0 Å². The molecule has 0 saturated heterocycles. The first-order valence-electron chi connectivity index (χ1n) is 6.02. The first-order chi connectivity index (χ1) is 9.58. The molecule has 102 valence electrons. The Kier molecular flexibility index (Phi) is 3.35. The Hall–Kier alpha value is -1.66. The predicted molar refractivity (Wildman–Crippen MR) is 84.6 cm³/mol. The summed E-state index contributed by atoms with van der Waals surface area (Å²) in [5.41, 5.74) is 8.87. The summed E-state index contributed by atoms with van der Waals surface area (Å²) in [7, 11) is 0. The van der Waals surface area contributed by atoms with Crippen molar-refractivity contribution < 1.29 is 4.52 Å². The third-order valence-corrected chi connectivity index (χ3v) is 4.90. The fourth-order valence-corrected chi connectivity index (χ4v) is 3.39. The van der Waals surface area contributed by atoms with Gasteiger partial charge in [0.2, 0.25) is 5.82 Å². The van der Waals surface area contributed by atoms with Crippen molar-refractivity contribution in [2.45, 2.75) is 13.8 Å². The summed E-state index contributed by atoms with van der Waals surface area (Å²) in [4.78, 5) is 5.63. The van der Waals surface area contributed by atoms with E-state index in [9.17, 15) is 0 Å². The molecule has 0 amide bonds. The van der Waals surface area contributed by atoms with E-state index in [1.165, 1.54) is 11.3 Å². The van der Waals surface area contributed by atoms with Crippen molar-refractivity contribution in [1.82, 2.24) is 10.1 Å². The van der Waals surface area contributed by atoms with Gasteiger partial charge >= 0.3 is 0 Å². The van der Waals surface area contributed by atoms with E-state index >= 15 is 0 Å². The number of hydrogen-bond acceptors (Lipinski definition) is 5. The Balaban J connectivity index is 2.09. The quantitative estimate of drug-likeness (QED) is 0.743. The Morgan fingerprint density at radius 3 is 2.65 bits per heavy atom. The molecule has 0 aliphatic rings. The van der Waals surface area contributed by atoms with Gasteiger partial charge in [-0.05, 0) is 31.5 Å². The summed E-state index contributed by atoms with van der Waals surface area (Å²) in [5.74, 6) is 1.02. The number of nitrogens with zero attached hydrogens (tertiary/aromatic N) is 2. The van der Waals surface area contributed by atoms with Crippen LogP contribution in [0.1, 0.15) is 10.4 Å². The fourth-order valence-electron chi connectivity index (χ4n) is 2.00. The molecule has 0 spiro atoms. The molecule has 20 heavy (non-hydrogen) atoms. The van der Waals surface area contributed by atoms with Gasteiger partial charge in [0.25, 0.3) is 5.89 Å². The van der Waals surface area contributed by atoms with Gasteiger partial charge in [0.15, 0.2) is 0 Å². The largest absolute Gasteiger partial charge is 0.390 e. The van der Waals surface area contributed by atoms with Crippen LogP contribution in [-0.2, 0) is 0 Å². The smallest absolute Gasteiger partial charge is 0.261 e. The molecule has 6 heteroatoms. The van der Waals surface area contributed by atoms with Crippen molar-refractivity contribution in [1.29, 1.82) is 0 Å². The molecule has 0 saturated carbocycles. The Morgan fingerprint density at radius 1 is 1.25 bits per heavy atom. The van der Waals surface area contributed by atoms with Crippen LogP contribution < -0.4 is 5.73 Å². The molecule has 0 radical (unpaired) electrons. The molecule has 0 aliphatic heterocycles. The van der Waals surface area contributed by atoms with Gasteiger partial charge in [-0.3, -0.25) is 0 Å². The summed E-state index contributed by atoms with van der Waals surface area (Å²) in [5, 5.41) is 4.76. The number of halogens is 1. The van der Waals surface area contributed by atoms with E-state index in [0.717, 1.165) is 26.0 Å². The van der Waals surface area contributed by atoms with Crippen LogP contribution in [-0.4, -0.2) is 10.1 Å². The molecule has 0 fully saturated rings. The van der Waals surface area contributed by atoms with Crippen LogP contribution in [0.3, 0.4) is 0 Å². The van der Waals surface area contributed by atoms with Crippen molar-refractivity contribution >= 4 is 32.3 Å². The summed E-state index contributed by atoms with van der Waals surface area (Å²) in [6.45, 7) is 4.05. The molecule has 0 bridgehead atoms.